The van der Waals surface area contributed by atoms with E-state index >= 15 is 0 Å². The third kappa shape index (κ3) is 3.21. The molecule has 0 aliphatic carbocycles. The van der Waals surface area contributed by atoms with Crippen molar-refractivity contribution in [3.63, 3.8) is 0 Å². The first-order chi connectivity index (χ1) is 13.1. The maximum Gasteiger partial charge on any atom is 0.210 e. The summed E-state index contributed by atoms with van der Waals surface area (Å²) in [5.41, 5.74) is 9.27. The zero-order valence-corrected chi connectivity index (χ0v) is 15.0. The number of amides is 1. The first-order valence-electron chi connectivity index (χ1n) is 8.76. The number of halogens is 1. The Morgan fingerprint density at radius 3 is 2.81 bits per heavy atom. The van der Waals surface area contributed by atoms with Gasteiger partial charge in [-0.05, 0) is 42.4 Å². The van der Waals surface area contributed by atoms with Crippen LogP contribution in [0.3, 0.4) is 0 Å². The van der Waals surface area contributed by atoms with Crippen LogP contribution in [-0.2, 0) is 4.79 Å². The van der Waals surface area contributed by atoms with Gasteiger partial charge in [0.2, 0.25) is 6.41 Å². The molecule has 1 atom stereocenters. The van der Waals surface area contributed by atoms with Gasteiger partial charge in [-0.1, -0.05) is 12.1 Å². The number of likely N-dealkylation sites (N-methyl/N-ethyl adjacent to an activating group) is 1. The Morgan fingerprint density at radius 1 is 1.19 bits per heavy atom. The molecule has 1 aliphatic heterocycles. The van der Waals surface area contributed by atoms with Gasteiger partial charge in [0.25, 0.3) is 0 Å². The lowest BCUT2D eigenvalue weighted by atomic mass is 9.94. The van der Waals surface area contributed by atoms with E-state index in [1.54, 1.807) is 11.0 Å². The number of fused-ring (bicyclic) bond motifs is 1. The Labute approximate surface area is 156 Å². The fourth-order valence-corrected chi connectivity index (χ4v) is 3.64. The highest BCUT2D eigenvalue weighted by molar-refractivity contribution is 5.94. The van der Waals surface area contributed by atoms with Crippen molar-refractivity contribution in [2.45, 2.75) is 6.04 Å². The van der Waals surface area contributed by atoms with Gasteiger partial charge in [-0.2, -0.15) is 0 Å². The predicted molar refractivity (Wildman–Crippen MR) is 102 cm³/mol. The standard InChI is InChI=1S/C20H20FN5O/c1-25-5-6-26(12-27)18(10-25)16-8-14(13-3-2-4-15(21)7-13)9-17-19(16)23-11-24-20(17)22/h2-4,7-9,11-12,18H,5-6,10H2,1H3,(H2,22,23,24). The fourth-order valence-electron chi connectivity index (χ4n) is 3.64. The van der Waals surface area contributed by atoms with E-state index in [0.29, 0.717) is 24.3 Å². The molecule has 27 heavy (non-hydrogen) atoms. The average molecular weight is 365 g/mol. The van der Waals surface area contributed by atoms with E-state index < -0.39 is 0 Å². The molecule has 1 aromatic heterocycles. The van der Waals surface area contributed by atoms with Crippen LogP contribution in [0.15, 0.2) is 42.7 Å². The van der Waals surface area contributed by atoms with E-state index in [-0.39, 0.29) is 11.9 Å². The van der Waals surface area contributed by atoms with Gasteiger partial charge < -0.3 is 15.5 Å². The first-order valence-corrected chi connectivity index (χ1v) is 8.76. The molecule has 1 fully saturated rings. The van der Waals surface area contributed by atoms with Crippen molar-refractivity contribution in [1.82, 2.24) is 19.8 Å². The zero-order chi connectivity index (χ0) is 19.0. The molecular formula is C20H20FN5O. The van der Waals surface area contributed by atoms with Crippen molar-refractivity contribution in [3.8, 4) is 11.1 Å². The summed E-state index contributed by atoms with van der Waals surface area (Å²) in [6.07, 6.45) is 2.31. The molecule has 1 unspecified atom stereocenters. The Bertz CT molecular complexity index is 1010. The molecule has 138 valence electrons. The lowest BCUT2D eigenvalue weighted by Crippen LogP contribution is -2.46. The zero-order valence-electron chi connectivity index (χ0n) is 15.0. The van der Waals surface area contributed by atoms with Gasteiger partial charge in [0.05, 0.1) is 11.6 Å². The van der Waals surface area contributed by atoms with Crippen molar-refractivity contribution in [3.05, 3.63) is 54.1 Å². The highest BCUT2D eigenvalue weighted by atomic mass is 19.1. The molecule has 3 aromatic rings. The predicted octanol–water partition coefficient (Wildman–Crippen LogP) is 2.46. The van der Waals surface area contributed by atoms with Crippen LogP contribution in [0.1, 0.15) is 11.6 Å². The van der Waals surface area contributed by atoms with Crippen LogP contribution in [0.2, 0.25) is 0 Å². The lowest BCUT2D eigenvalue weighted by Gasteiger charge is -2.38. The Hall–Kier alpha value is -3.06. The molecule has 1 saturated heterocycles. The molecule has 0 spiro atoms. The quantitative estimate of drug-likeness (QED) is 0.722. The minimum Gasteiger partial charge on any atom is -0.383 e. The molecule has 6 nitrogen and oxygen atoms in total. The number of nitrogens with two attached hydrogens (primary N) is 1. The van der Waals surface area contributed by atoms with Gasteiger partial charge in [0.1, 0.15) is 18.0 Å². The van der Waals surface area contributed by atoms with Crippen LogP contribution < -0.4 is 5.73 Å². The number of carbonyl (C=O) groups excluding carboxylic acids is 1. The minimum absolute atomic E-state index is 0.161. The summed E-state index contributed by atoms with van der Waals surface area (Å²) in [6, 6.07) is 10.1. The number of hydrogen-bond donors (Lipinski definition) is 1. The molecular weight excluding hydrogens is 345 g/mol. The third-order valence-electron chi connectivity index (χ3n) is 5.08. The Kier molecular flexibility index (Phi) is 4.45. The van der Waals surface area contributed by atoms with Crippen molar-refractivity contribution >= 4 is 23.1 Å². The fraction of sp³-hybridized carbons (Fsp3) is 0.250. The molecule has 2 N–H and O–H groups in total. The van der Waals surface area contributed by atoms with E-state index in [9.17, 15) is 9.18 Å². The molecule has 7 heteroatoms. The molecule has 0 bridgehead atoms. The van der Waals surface area contributed by atoms with Gasteiger partial charge in [0, 0.05) is 30.6 Å². The van der Waals surface area contributed by atoms with Crippen molar-refractivity contribution < 1.29 is 9.18 Å². The van der Waals surface area contributed by atoms with Gasteiger partial charge in [0.15, 0.2) is 0 Å². The number of carbonyl (C=O) groups is 1. The van der Waals surface area contributed by atoms with Crippen LogP contribution in [0, 0.1) is 5.82 Å². The first kappa shape index (κ1) is 17.4. The molecule has 2 heterocycles. The molecule has 1 aliphatic rings. The lowest BCUT2D eigenvalue weighted by molar-refractivity contribution is -0.122. The number of piperazine rings is 1. The molecule has 2 aromatic carbocycles. The van der Waals surface area contributed by atoms with Crippen LogP contribution in [0.25, 0.3) is 22.0 Å². The third-order valence-corrected chi connectivity index (χ3v) is 5.08. The van der Waals surface area contributed by atoms with E-state index in [0.717, 1.165) is 35.2 Å². The summed E-state index contributed by atoms with van der Waals surface area (Å²) in [5, 5.41) is 0.702. The normalized spacial score (nSPS) is 18.0. The summed E-state index contributed by atoms with van der Waals surface area (Å²) in [6.45, 7) is 2.13. The number of anilines is 1. The van der Waals surface area contributed by atoms with Crippen molar-refractivity contribution in [2.24, 2.45) is 0 Å². The molecule has 0 saturated carbocycles. The second-order valence-corrected chi connectivity index (χ2v) is 6.85. The summed E-state index contributed by atoms with van der Waals surface area (Å²) in [5.74, 6) is 0.0552. The van der Waals surface area contributed by atoms with E-state index in [2.05, 4.69) is 14.9 Å². The number of benzene rings is 2. The van der Waals surface area contributed by atoms with Crippen LogP contribution in [0.5, 0.6) is 0 Å². The van der Waals surface area contributed by atoms with Crippen LogP contribution in [-0.4, -0.2) is 52.9 Å². The number of nitrogen functional groups attached to an aromatic ring is 1. The average Bonchev–Trinajstić information content (AvgIpc) is 2.67. The van der Waals surface area contributed by atoms with E-state index in [1.807, 2.05) is 25.2 Å². The Balaban J connectivity index is 1.95. The SMILES string of the molecule is CN1CCN(C=O)C(c2cc(-c3cccc(F)c3)cc3c(N)ncnc23)C1. The largest absolute Gasteiger partial charge is 0.383 e. The molecule has 0 radical (unpaired) electrons. The summed E-state index contributed by atoms with van der Waals surface area (Å²) >= 11 is 0. The molecule has 4 rings (SSSR count). The molecule has 1 amide bonds. The summed E-state index contributed by atoms with van der Waals surface area (Å²) in [7, 11) is 2.02. The monoisotopic (exact) mass is 365 g/mol. The topological polar surface area (TPSA) is 75.3 Å². The minimum atomic E-state index is -0.307. The summed E-state index contributed by atoms with van der Waals surface area (Å²) < 4.78 is 13.8. The number of hydrogen-bond acceptors (Lipinski definition) is 5. The van der Waals surface area contributed by atoms with Gasteiger partial charge in [-0.15, -0.1) is 0 Å². The van der Waals surface area contributed by atoms with Crippen LogP contribution >= 0.6 is 0 Å². The van der Waals surface area contributed by atoms with Crippen molar-refractivity contribution in [2.75, 3.05) is 32.4 Å². The highest BCUT2D eigenvalue weighted by Gasteiger charge is 2.28. The Morgan fingerprint density at radius 2 is 2.04 bits per heavy atom. The van der Waals surface area contributed by atoms with Gasteiger partial charge in [-0.3, -0.25) is 4.79 Å². The van der Waals surface area contributed by atoms with Gasteiger partial charge >= 0.3 is 0 Å². The maximum atomic E-state index is 13.8. The van der Waals surface area contributed by atoms with Crippen LogP contribution in [0.4, 0.5) is 10.2 Å². The van der Waals surface area contributed by atoms with Gasteiger partial charge in [-0.25, -0.2) is 14.4 Å². The van der Waals surface area contributed by atoms with Crippen molar-refractivity contribution in [1.29, 1.82) is 0 Å². The summed E-state index contributed by atoms with van der Waals surface area (Å²) in [4.78, 5) is 24.1. The smallest absolute Gasteiger partial charge is 0.210 e. The van der Waals surface area contributed by atoms with E-state index in [4.69, 9.17) is 5.73 Å². The number of aromatic nitrogens is 2. The number of rotatable bonds is 3. The second-order valence-electron chi connectivity index (χ2n) is 6.85. The number of nitrogens with zero attached hydrogens (tertiary/aromatic N) is 4. The maximum absolute atomic E-state index is 13.8. The highest BCUT2D eigenvalue weighted by Crippen LogP contribution is 2.35. The van der Waals surface area contributed by atoms with E-state index in [1.165, 1.54) is 18.5 Å². The second kappa shape index (κ2) is 6.92.